The lowest BCUT2D eigenvalue weighted by Gasteiger charge is -2.24. The molecule has 0 spiro atoms. The molecule has 4 heteroatoms. The van der Waals surface area contributed by atoms with Crippen molar-refractivity contribution in [1.29, 1.82) is 0 Å². The van der Waals surface area contributed by atoms with Gasteiger partial charge in [-0.3, -0.25) is 4.79 Å². The summed E-state index contributed by atoms with van der Waals surface area (Å²) in [7, 11) is 0. The fourth-order valence-electron chi connectivity index (χ4n) is 2.53. The Kier molecular flexibility index (Phi) is 4.80. The Morgan fingerprint density at radius 3 is 2.79 bits per heavy atom. The molecule has 1 aromatic rings. The molecule has 1 aliphatic heterocycles. The number of hydrogen-bond donors (Lipinski definition) is 2. The van der Waals surface area contributed by atoms with E-state index >= 15 is 0 Å². The van der Waals surface area contributed by atoms with E-state index in [4.69, 9.17) is 4.74 Å². The van der Waals surface area contributed by atoms with Crippen LogP contribution in [0.1, 0.15) is 38.2 Å². The fourth-order valence-corrected chi connectivity index (χ4v) is 2.53. The normalized spacial score (nSPS) is 16.1. The van der Waals surface area contributed by atoms with E-state index in [9.17, 15) is 4.79 Å². The van der Waals surface area contributed by atoms with Crippen LogP contribution in [0, 0.1) is 0 Å². The van der Waals surface area contributed by atoms with E-state index < -0.39 is 0 Å². The van der Waals surface area contributed by atoms with Gasteiger partial charge in [0.2, 0.25) is 5.91 Å². The number of nitrogens with one attached hydrogen (secondary N) is 2. The average Bonchev–Trinajstić information content (AvgIpc) is 2.41. The molecule has 0 aliphatic carbocycles. The molecule has 0 radical (unpaired) electrons. The van der Waals surface area contributed by atoms with Crippen molar-refractivity contribution >= 4 is 11.6 Å². The predicted octanol–water partition coefficient (Wildman–Crippen LogP) is 2.51. The minimum atomic E-state index is -0.0663. The molecular formula is C15H22N2O2. The van der Waals surface area contributed by atoms with Crippen molar-refractivity contribution < 1.29 is 9.53 Å². The molecule has 0 aromatic heterocycles. The van der Waals surface area contributed by atoms with Gasteiger partial charge in [0.25, 0.3) is 0 Å². The second-order valence-electron chi connectivity index (χ2n) is 4.89. The van der Waals surface area contributed by atoms with Gasteiger partial charge in [-0.15, -0.1) is 0 Å². The number of rotatable bonds is 4. The molecule has 1 saturated heterocycles. The first-order chi connectivity index (χ1) is 9.20. The average molecular weight is 262 g/mol. The molecule has 1 fully saturated rings. The van der Waals surface area contributed by atoms with Gasteiger partial charge in [0.15, 0.2) is 0 Å². The number of benzene rings is 1. The summed E-state index contributed by atoms with van der Waals surface area (Å²) in [6.45, 7) is 6.19. The number of piperidine rings is 1. The zero-order chi connectivity index (χ0) is 13.7. The highest BCUT2D eigenvalue weighted by Gasteiger charge is 2.17. The van der Waals surface area contributed by atoms with Gasteiger partial charge < -0.3 is 15.4 Å². The van der Waals surface area contributed by atoms with E-state index in [-0.39, 0.29) is 5.91 Å². The Bertz CT molecular complexity index is 440. The van der Waals surface area contributed by atoms with Gasteiger partial charge in [-0.1, -0.05) is 6.07 Å². The third kappa shape index (κ3) is 3.70. The Balaban J connectivity index is 2.22. The maximum Gasteiger partial charge on any atom is 0.221 e. The zero-order valence-electron chi connectivity index (χ0n) is 11.7. The van der Waals surface area contributed by atoms with Crippen LogP contribution < -0.4 is 15.4 Å². The summed E-state index contributed by atoms with van der Waals surface area (Å²) in [5.41, 5.74) is 2.07. The van der Waals surface area contributed by atoms with E-state index in [2.05, 4.69) is 22.8 Å². The summed E-state index contributed by atoms with van der Waals surface area (Å²) in [5, 5.41) is 6.23. The lowest BCUT2D eigenvalue weighted by molar-refractivity contribution is -0.114. The molecular weight excluding hydrogens is 240 g/mol. The third-order valence-corrected chi connectivity index (χ3v) is 3.42. The van der Waals surface area contributed by atoms with Crippen molar-refractivity contribution in [2.24, 2.45) is 0 Å². The third-order valence-electron chi connectivity index (χ3n) is 3.42. The van der Waals surface area contributed by atoms with E-state index in [1.165, 1.54) is 12.5 Å². The summed E-state index contributed by atoms with van der Waals surface area (Å²) in [6, 6.07) is 6.14. The van der Waals surface area contributed by atoms with Crippen molar-refractivity contribution in [2.75, 3.05) is 25.0 Å². The predicted molar refractivity (Wildman–Crippen MR) is 76.8 cm³/mol. The van der Waals surface area contributed by atoms with Crippen LogP contribution in [0.15, 0.2) is 18.2 Å². The second kappa shape index (κ2) is 6.57. The maximum absolute atomic E-state index is 11.3. The Labute approximate surface area is 114 Å². The monoisotopic (exact) mass is 262 g/mol. The van der Waals surface area contributed by atoms with Gasteiger partial charge in [0, 0.05) is 6.92 Å². The van der Waals surface area contributed by atoms with Crippen LogP contribution in [0.2, 0.25) is 0 Å². The first kappa shape index (κ1) is 13.9. The second-order valence-corrected chi connectivity index (χ2v) is 4.89. The van der Waals surface area contributed by atoms with Crippen LogP contribution in [-0.4, -0.2) is 25.6 Å². The van der Waals surface area contributed by atoms with Gasteiger partial charge in [0.1, 0.15) is 5.75 Å². The van der Waals surface area contributed by atoms with Crippen molar-refractivity contribution in [2.45, 2.75) is 32.6 Å². The number of hydrogen-bond acceptors (Lipinski definition) is 3. The Hall–Kier alpha value is -1.55. The minimum Gasteiger partial charge on any atom is -0.492 e. The maximum atomic E-state index is 11.3. The summed E-state index contributed by atoms with van der Waals surface area (Å²) >= 11 is 0. The molecule has 0 unspecified atom stereocenters. The minimum absolute atomic E-state index is 0.0663. The SMILES string of the molecule is CCOc1ccc(C2CCNCC2)cc1NC(C)=O. The lowest BCUT2D eigenvalue weighted by atomic mass is 9.90. The van der Waals surface area contributed by atoms with E-state index in [1.807, 2.05) is 13.0 Å². The van der Waals surface area contributed by atoms with Gasteiger partial charge in [0.05, 0.1) is 12.3 Å². The summed E-state index contributed by atoms with van der Waals surface area (Å²) in [6.07, 6.45) is 2.29. The first-order valence-electron chi connectivity index (χ1n) is 6.95. The summed E-state index contributed by atoms with van der Waals surface area (Å²) < 4.78 is 5.55. The Morgan fingerprint density at radius 2 is 2.16 bits per heavy atom. The van der Waals surface area contributed by atoms with E-state index in [0.29, 0.717) is 12.5 Å². The van der Waals surface area contributed by atoms with Crippen LogP contribution in [0.25, 0.3) is 0 Å². The molecule has 4 nitrogen and oxygen atoms in total. The molecule has 104 valence electrons. The van der Waals surface area contributed by atoms with E-state index in [0.717, 1.165) is 37.4 Å². The van der Waals surface area contributed by atoms with Crippen molar-refractivity contribution in [3.63, 3.8) is 0 Å². The standard InChI is InChI=1S/C15H22N2O2/c1-3-19-15-5-4-13(10-14(15)17-11(2)18)12-6-8-16-9-7-12/h4-5,10,12,16H,3,6-9H2,1-2H3,(H,17,18). The quantitative estimate of drug-likeness (QED) is 0.876. The topological polar surface area (TPSA) is 50.4 Å². The number of anilines is 1. The van der Waals surface area contributed by atoms with Crippen LogP contribution in [-0.2, 0) is 4.79 Å². The highest BCUT2D eigenvalue weighted by Crippen LogP contribution is 2.32. The highest BCUT2D eigenvalue weighted by molar-refractivity contribution is 5.90. The van der Waals surface area contributed by atoms with Crippen LogP contribution in [0.4, 0.5) is 5.69 Å². The molecule has 1 heterocycles. The summed E-state index contributed by atoms with van der Waals surface area (Å²) in [4.78, 5) is 11.3. The van der Waals surface area contributed by atoms with Gasteiger partial charge in [-0.2, -0.15) is 0 Å². The number of carbonyl (C=O) groups excluding carboxylic acids is 1. The zero-order valence-corrected chi connectivity index (χ0v) is 11.7. The molecule has 0 atom stereocenters. The Morgan fingerprint density at radius 1 is 1.42 bits per heavy atom. The molecule has 0 bridgehead atoms. The van der Waals surface area contributed by atoms with Crippen molar-refractivity contribution in [3.05, 3.63) is 23.8 Å². The molecule has 1 aromatic carbocycles. The number of amides is 1. The molecule has 19 heavy (non-hydrogen) atoms. The molecule has 2 rings (SSSR count). The number of carbonyl (C=O) groups is 1. The van der Waals surface area contributed by atoms with Crippen LogP contribution in [0.3, 0.4) is 0 Å². The largest absolute Gasteiger partial charge is 0.492 e. The van der Waals surface area contributed by atoms with E-state index in [1.54, 1.807) is 0 Å². The van der Waals surface area contributed by atoms with Crippen LogP contribution >= 0.6 is 0 Å². The smallest absolute Gasteiger partial charge is 0.221 e. The first-order valence-corrected chi connectivity index (χ1v) is 6.95. The molecule has 1 amide bonds. The lowest BCUT2D eigenvalue weighted by Crippen LogP contribution is -2.26. The van der Waals surface area contributed by atoms with Crippen LogP contribution in [0.5, 0.6) is 5.75 Å². The number of ether oxygens (including phenoxy) is 1. The summed E-state index contributed by atoms with van der Waals surface area (Å²) in [5.74, 6) is 1.25. The van der Waals surface area contributed by atoms with Crippen molar-refractivity contribution in [3.8, 4) is 5.75 Å². The van der Waals surface area contributed by atoms with Crippen molar-refractivity contribution in [1.82, 2.24) is 5.32 Å². The molecule has 0 saturated carbocycles. The van der Waals surface area contributed by atoms with Gasteiger partial charge in [-0.05, 0) is 56.5 Å². The van der Waals surface area contributed by atoms with Gasteiger partial charge >= 0.3 is 0 Å². The molecule has 2 N–H and O–H groups in total. The fraction of sp³-hybridized carbons (Fsp3) is 0.533. The van der Waals surface area contributed by atoms with Gasteiger partial charge in [-0.25, -0.2) is 0 Å². The molecule has 1 aliphatic rings. The highest BCUT2D eigenvalue weighted by atomic mass is 16.5.